The first kappa shape index (κ1) is 24.9. The van der Waals surface area contributed by atoms with Gasteiger partial charge in [-0.25, -0.2) is 15.3 Å². The number of anilines is 1. The van der Waals surface area contributed by atoms with Gasteiger partial charge in [-0.3, -0.25) is 0 Å². The second kappa shape index (κ2) is 9.96. The minimum Gasteiger partial charge on any atom is -0.454 e. The Morgan fingerprint density at radius 3 is 2.49 bits per heavy atom. The minimum atomic E-state index is -1.41. The van der Waals surface area contributed by atoms with E-state index in [0.29, 0.717) is 10.6 Å². The van der Waals surface area contributed by atoms with E-state index in [4.69, 9.17) is 43.4 Å². The van der Waals surface area contributed by atoms with Gasteiger partial charge in [-0.2, -0.15) is 15.6 Å². The molecule has 0 aliphatic carbocycles. The van der Waals surface area contributed by atoms with Crippen molar-refractivity contribution in [3.8, 4) is 34.2 Å². The summed E-state index contributed by atoms with van der Waals surface area (Å²) in [6, 6.07) is 17.9. The number of halogens is 2. The number of hydrogen-bond donors (Lipinski definition) is 3. The van der Waals surface area contributed by atoms with Gasteiger partial charge in [0.15, 0.2) is 17.7 Å². The number of thiophene rings is 1. The maximum Gasteiger partial charge on any atom is 0.206 e. The fraction of sp³-hybridized carbons (Fsp3) is 0.120. The number of fused-ring (bicyclic) bond motifs is 1. The summed E-state index contributed by atoms with van der Waals surface area (Å²) in [5.41, 5.74) is 2.58. The SMILES string of the molecule is Cc1cc(-c2ccc(C#N)s2)nc2ccc(Oc3c(Cl)cc(N4N=C(C#N)C(O)NC4O)cc3Cl)cc12. The number of nitriles is 2. The smallest absolute Gasteiger partial charge is 0.206 e. The number of aliphatic hydroxyl groups is 2. The average molecular weight is 551 g/mol. The zero-order chi connectivity index (χ0) is 26.3. The molecule has 2 aromatic heterocycles. The van der Waals surface area contributed by atoms with Gasteiger partial charge < -0.3 is 14.9 Å². The van der Waals surface area contributed by atoms with E-state index in [1.54, 1.807) is 18.2 Å². The van der Waals surface area contributed by atoms with E-state index in [-0.39, 0.29) is 27.2 Å². The Labute approximate surface area is 225 Å². The van der Waals surface area contributed by atoms with Gasteiger partial charge in [-0.05, 0) is 61.0 Å². The first-order valence-corrected chi connectivity index (χ1v) is 12.3. The Bertz CT molecular complexity index is 1640. The number of nitrogens with zero attached hydrogens (tertiary/aromatic N) is 5. The number of hydrazone groups is 1. The van der Waals surface area contributed by atoms with Crippen molar-refractivity contribution in [1.29, 1.82) is 10.5 Å². The molecule has 9 nitrogen and oxygen atoms in total. The molecule has 0 spiro atoms. The highest BCUT2D eigenvalue weighted by atomic mass is 35.5. The van der Waals surface area contributed by atoms with Crippen molar-refractivity contribution in [2.45, 2.75) is 19.5 Å². The Morgan fingerprint density at radius 1 is 1.05 bits per heavy atom. The van der Waals surface area contributed by atoms with E-state index in [2.05, 4.69) is 16.5 Å². The van der Waals surface area contributed by atoms with Gasteiger partial charge in [-0.1, -0.05) is 23.2 Å². The van der Waals surface area contributed by atoms with E-state index in [1.807, 2.05) is 31.2 Å². The van der Waals surface area contributed by atoms with Crippen molar-refractivity contribution in [3.63, 3.8) is 0 Å². The predicted octanol–water partition coefficient (Wildman–Crippen LogP) is 5.13. The van der Waals surface area contributed by atoms with Crippen LogP contribution in [-0.4, -0.2) is 33.5 Å². The number of aliphatic hydroxyl groups excluding tert-OH is 2. The molecule has 0 saturated heterocycles. The van der Waals surface area contributed by atoms with Crippen LogP contribution in [0.1, 0.15) is 10.4 Å². The van der Waals surface area contributed by atoms with Gasteiger partial charge in [0, 0.05) is 5.39 Å². The van der Waals surface area contributed by atoms with Gasteiger partial charge in [0.05, 0.1) is 31.8 Å². The number of benzene rings is 2. The molecular formula is C25H16Cl2N6O3S. The van der Waals surface area contributed by atoms with E-state index in [1.165, 1.54) is 23.5 Å². The molecule has 0 radical (unpaired) electrons. The average Bonchev–Trinajstić information content (AvgIpc) is 3.36. The van der Waals surface area contributed by atoms with Crippen LogP contribution in [0.3, 0.4) is 0 Å². The lowest BCUT2D eigenvalue weighted by Crippen LogP contribution is -2.55. The van der Waals surface area contributed by atoms with Gasteiger partial charge in [-0.15, -0.1) is 11.3 Å². The molecule has 0 fully saturated rings. The predicted molar refractivity (Wildman–Crippen MR) is 142 cm³/mol. The summed E-state index contributed by atoms with van der Waals surface area (Å²) in [5.74, 6) is 0.678. The highest BCUT2D eigenvalue weighted by molar-refractivity contribution is 7.15. The highest BCUT2D eigenvalue weighted by Gasteiger charge is 2.29. The van der Waals surface area contributed by atoms with Gasteiger partial charge in [0.1, 0.15) is 22.8 Å². The number of hydrogen-bond acceptors (Lipinski definition) is 10. The van der Waals surface area contributed by atoms with Crippen LogP contribution in [0, 0.1) is 29.6 Å². The number of ether oxygens (including phenoxy) is 1. The number of rotatable bonds is 4. The van der Waals surface area contributed by atoms with Gasteiger partial charge in [0.2, 0.25) is 6.35 Å². The number of nitrogens with one attached hydrogen (secondary N) is 1. The van der Waals surface area contributed by atoms with Crippen LogP contribution >= 0.6 is 34.5 Å². The standard InChI is InChI=1S/C25H16Cl2N6O3S/c1-12-6-20(22-5-3-15(10-28)37-22)30-19-4-2-14(9-16(12)19)36-23-17(26)7-13(8-18(23)27)33-25(35)31-24(34)21(11-29)32-33/h2-9,24-25,31,34-35H,1H3. The zero-order valence-electron chi connectivity index (χ0n) is 19.0. The van der Waals surface area contributed by atoms with Crippen LogP contribution in [0.5, 0.6) is 11.5 Å². The minimum absolute atomic E-state index is 0.144. The van der Waals surface area contributed by atoms with Crippen molar-refractivity contribution >= 4 is 56.8 Å². The van der Waals surface area contributed by atoms with Crippen LogP contribution in [0.25, 0.3) is 21.5 Å². The number of aryl methyl sites for hydroxylation is 1. The van der Waals surface area contributed by atoms with Gasteiger partial charge in [0.25, 0.3) is 0 Å². The molecule has 1 aliphatic rings. The summed E-state index contributed by atoms with van der Waals surface area (Å²) >= 11 is 14.3. The summed E-state index contributed by atoms with van der Waals surface area (Å²) in [4.78, 5) is 6.27. The summed E-state index contributed by atoms with van der Waals surface area (Å²) < 4.78 is 6.01. The van der Waals surface area contributed by atoms with Crippen molar-refractivity contribution in [2.24, 2.45) is 5.10 Å². The van der Waals surface area contributed by atoms with Crippen LogP contribution in [0.4, 0.5) is 5.69 Å². The molecule has 184 valence electrons. The molecule has 3 heterocycles. The first-order chi connectivity index (χ1) is 17.8. The molecule has 3 N–H and O–H groups in total. The quantitative estimate of drug-likeness (QED) is 0.318. The van der Waals surface area contributed by atoms with Crippen molar-refractivity contribution in [3.05, 3.63) is 69.0 Å². The normalized spacial score (nSPS) is 17.3. The summed E-state index contributed by atoms with van der Waals surface area (Å²) in [5, 5.41) is 46.8. The molecule has 0 amide bonds. The fourth-order valence-electron chi connectivity index (χ4n) is 3.79. The monoisotopic (exact) mass is 550 g/mol. The lowest BCUT2D eigenvalue weighted by molar-refractivity contribution is 0.0631. The largest absolute Gasteiger partial charge is 0.454 e. The molecule has 0 saturated carbocycles. The Kier molecular flexibility index (Phi) is 6.71. The maximum atomic E-state index is 10.2. The van der Waals surface area contributed by atoms with Crippen LogP contribution in [0.15, 0.2) is 53.6 Å². The topological polar surface area (TPSA) is 138 Å². The lowest BCUT2D eigenvalue weighted by atomic mass is 10.1. The third kappa shape index (κ3) is 4.82. The first-order valence-electron chi connectivity index (χ1n) is 10.8. The third-order valence-electron chi connectivity index (χ3n) is 5.55. The summed E-state index contributed by atoms with van der Waals surface area (Å²) in [6.07, 6.45) is -2.81. The second-order valence-corrected chi connectivity index (χ2v) is 9.90. The van der Waals surface area contributed by atoms with E-state index < -0.39 is 12.6 Å². The van der Waals surface area contributed by atoms with E-state index in [0.717, 1.165) is 32.0 Å². The number of pyridine rings is 1. The lowest BCUT2D eigenvalue weighted by Gasteiger charge is -2.32. The molecule has 12 heteroatoms. The second-order valence-electron chi connectivity index (χ2n) is 8.00. The molecule has 2 aromatic carbocycles. The van der Waals surface area contributed by atoms with Crippen molar-refractivity contribution in [2.75, 3.05) is 5.01 Å². The third-order valence-corrected chi connectivity index (χ3v) is 7.12. The Hall–Kier alpha value is -3.74. The molecule has 37 heavy (non-hydrogen) atoms. The molecule has 5 rings (SSSR count). The highest BCUT2D eigenvalue weighted by Crippen LogP contribution is 2.41. The molecule has 0 bridgehead atoms. The molecule has 2 unspecified atom stereocenters. The Morgan fingerprint density at radius 2 is 1.81 bits per heavy atom. The summed E-state index contributed by atoms with van der Waals surface area (Å²) in [6.45, 7) is 1.97. The molecular weight excluding hydrogens is 535 g/mol. The van der Waals surface area contributed by atoms with Crippen LogP contribution < -0.4 is 15.1 Å². The summed E-state index contributed by atoms with van der Waals surface area (Å²) in [7, 11) is 0. The number of aromatic nitrogens is 1. The van der Waals surface area contributed by atoms with Crippen molar-refractivity contribution in [1.82, 2.24) is 10.3 Å². The fourth-order valence-corrected chi connectivity index (χ4v) is 5.11. The zero-order valence-corrected chi connectivity index (χ0v) is 21.3. The van der Waals surface area contributed by atoms with Crippen molar-refractivity contribution < 1.29 is 14.9 Å². The van der Waals surface area contributed by atoms with Crippen LogP contribution in [0.2, 0.25) is 10.0 Å². The van der Waals surface area contributed by atoms with Crippen LogP contribution in [-0.2, 0) is 0 Å². The van der Waals surface area contributed by atoms with E-state index in [9.17, 15) is 10.2 Å². The molecule has 4 aromatic rings. The Balaban J connectivity index is 1.45. The van der Waals surface area contributed by atoms with Gasteiger partial charge >= 0.3 is 0 Å². The molecule has 1 aliphatic heterocycles. The molecule has 2 atom stereocenters. The van der Waals surface area contributed by atoms with E-state index >= 15 is 0 Å². The maximum absolute atomic E-state index is 10.2.